The molecular formula is C12H24N2O2. The summed E-state index contributed by atoms with van der Waals surface area (Å²) in [4.78, 5) is 13.7. The van der Waals surface area contributed by atoms with Gasteiger partial charge in [0.2, 0.25) is 0 Å². The highest BCUT2D eigenvalue weighted by molar-refractivity contribution is 5.68. The molecule has 0 bridgehead atoms. The molecule has 2 atom stereocenters. The molecule has 1 heterocycles. The average Bonchev–Trinajstić information content (AvgIpc) is 2.25. The van der Waals surface area contributed by atoms with Gasteiger partial charge in [-0.1, -0.05) is 6.92 Å². The van der Waals surface area contributed by atoms with Crippen molar-refractivity contribution in [2.75, 3.05) is 19.6 Å². The Kier molecular flexibility index (Phi) is 4.19. The van der Waals surface area contributed by atoms with E-state index >= 15 is 0 Å². The molecule has 0 saturated carbocycles. The lowest BCUT2D eigenvalue weighted by Gasteiger charge is -2.28. The standard InChI is InChI=1S/C12H24N2O2/c1-9-6-13-10(2)8-14(7-9)11(15)16-12(3,4)5/h9-10,13H,6-8H2,1-5H3. The van der Waals surface area contributed by atoms with Crippen LogP contribution in [0, 0.1) is 5.92 Å². The third-order valence-corrected chi connectivity index (χ3v) is 2.49. The molecule has 94 valence electrons. The van der Waals surface area contributed by atoms with Crippen LogP contribution in [-0.4, -0.2) is 42.3 Å². The normalized spacial score (nSPS) is 27.4. The quantitative estimate of drug-likeness (QED) is 0.688. The second-order valence-corrected chi connectivity index (χ2v) is 5.80. The van der Waals surface area contributed by atoms with Crippen LogP contribution >= 0.6 is 0 Å². The number of nitrogens with one attached hydrogen (secondary N) is 1. The summed E-state index contributed by atoms with van der Waals surface area (Å²) in [7, 11) is 0. The van der Waals surface area contributed by atoms with Gasteiger partial charge in [0.05, 0.1) is 0 Å². The third-order valence-electron chi connectivity index (χ3n) is 2.49. The summed E-state index contributed by atoms with van der Waals surface area (Å²) in [6.07, 6.45) is -0.199. The molecule has 1 rings (SSSR count). The Morgan fingerprint density at radius 3 is 2.50 bits per heavy atom. The largest absolute Gasteiger partial charge is 0.444 e. The zero-order chi connectivity index (χ0) is 12.3. The summed E-state index contributed by atoms with van der Waals surface area (Å²) in [5.74, 6) is 0.470. The summed E-state index contributed by atoms with van der Waals surface area (Å²) in [5, 5.41) is 3.39. The number of carbonyl (C=O) groups excluding carboxylic acids is 1. The fourth-order valence-electron chi connectivity index (χ4n) is 1.79. The minimum atomic E-state index is -0.413. The first-order valence-corrected chi connectivity index (χ1v) is 5.99. The average molecular weight is 228 g/mol. The second kappa shape index (κ2) is 5.04. The van der Waals surface area contributed by atoms with Crippen LogP contribution < -0.4 is 5.32 Å². The van der Waals surface area contributed by atoms with Gasteiger partial charge in [0.1, 0.15) is 5.60 Å². The molecule has 4 heteroatoms. The number of nitrogens with zero attached hydrogens (tertiary/aromatic N) is 1. The van der Waals surface area contributed by atoms with E-state index in [9.17, 15) is 4.79 Å². The number of ether oxygens (including phenoxy) is 1. The molecular weight excluding hydrogens is 204 g/mol. The second-order valence-electron chi connectivity index (χ2n) is 5.80. The van der Waals surface area contributed by atoms with Gasteiger partial charge in [-0.15, -0.1) is 0 Å². The molecule has 1 aliphatic rings. The molecule has 0 aromatic carbocycles. The van der Waals surface area contributed by atoms with E-state index < -0.39 is 5.60 Å². The monoisotopic (exact) mass is 228 g/mol. The maximum absolute atomic E-state index is 11.9. The lowest BCUT2D eigenvalue weighted by atomic mass is 10.2. The SMILES string of the molecule is CC1CNC(C)CN(C(=O)OC(C)(C)C)C1. The first-order chi connectivity index (χ1) is 7.28. The van der Waals surface area contributed by atoms with Crippen LogP contribution in [0.5, 0.6) is 0 Å². The number of carbonyl (C=O) groups is 1. The van der Waals surface area contributed by atoms with E-state index in [-0.39, 0.29) is 6.09 Å². The molecule has 0 radical (unpaired) electrons. The van der Waals surface area contributed by atoms with Crippen molar-refractivity contribution in [1.29, 1.82) is 0 Å². The van der Waals surface area contributed by atoms with Crippen LogP contribution in [0.1, 0.15) is 34.6 Å². The zero-order valence-corrected chi connectivity index (χ0v) is 11.0. The Morgan fingerprint density at radius 1 is 1.31 bits per heavy atom. The summed E-state index contributed by atoms with van der Waals surface area (Å²) < 4.78 is 5.39. The smallest absolute Gasteiger partial charge is 0.410 e. The van der Waals surface area contributed by atoms with Crippen molar-refractivity contribution in [2.24, 2.45) is 5.92 Å². The minimum absolute atomic E-state index is 0.199. The van der Waals surface area contributed by atoms with Crippen LogP contribution in [0.4, 0.5) is 4.79 Å². The van der Waals surface area contributed by atoms with Gasteiger partial charge in [0, 0.05) is 19.1 Å². The fraction of sp³-hybridized carbons (Fsp3) is 0.917. The molecule has 0 aliphatic carbocycles. The van der Waals surface area contributed by atoms with Gasteiger partial charge in [-0.05, 0) is 40.2 Å². The zero-order valence-electron chi connectivity index (χ0n) is 11.0. The van der Waals surface area contributed by atoms with Gasteiger partial charge < -0.3 is 15.0 Å². The van der Waals surface area contributed by atoms with Gasteiger partial charge in [0.25, 0.3) is 0 Å². The molecule has 0 spiro atoms. The van der Waals surface area contributed by atoms with Crippen LogP contribution in [0.25, 0.3) is 0 Å². The highest BCUT2D eigenvalue weighted by Crippen LogP contribution is 2.13. The molecule has 1 aliphatic heterocycles. The van der Waals surface area contributed by atoms with Crippen molar-refractivity contribution >= 4 is 6.09 Å². The van der Waals surface area contributed by atoms with Gasteiger partial charge in [-0.3, -0.25) is 0 Å². The summed E-state index contributed by atoms with van der Waals surface area (Å²) in [5.41, 5.74) is -0.413. The molecule has 0 aromatic heterocycles. The van der Waals surface area contributed by atoms with E-state index in [1.54, 1.807) is 4.90 Å². The summed E-state index contributed by atoms with van der Waals surface area (Å²) >= 11 is 0. The van der Waals surface area contributed by atoms with Gasteiger partial charge in [-0.2, -0.15) is 0 Å². The Balaban J connectivity index is 2.59. The Morgan fingerprint density at radius 2 is 1.94 bits per heavy atom. The summed E-state index contributed by atoms with van der Waals surface area (Å²) in [6, 6.07) is 0.331. The topological polar surface area (TPSA) is 41.6 Å². The fourth-order valence-corrected chi connectivity index (χ4v) is 1.79. The maximum Gasteiger partial charge on any atom is 0.410 e. The van der Waals surface area contributed by atoms with E-state index in [0.717, 1.165) is 19.6 Å². The van der Waals surface area contributed by atoms with E-state index in [4.69, 9.17) is 4.74 Å². The molecule has 4 nitrogen and oxygen atoms in total. The van der Waals surface area contributed by atoms with Crippen molar-refractivity contribution in [1.82, 2.24) is 10.2 Å². The molecule has 1 N–H and O–H groups in total. The predicted molar refractivity (Wildman–Crippen MR) is 64.4 cm³/mol. The van der Waals surface area contributed by atoms with Crippen molar-refractivity contribution in [3.05, 3.63) is 0 Å². The maximum atomic E-state index is 11.9. The predicted octanol–water partition coefficient (Wildman–Crippen LogP) is 1.85. The molecule has 0 aromatic rings. The van der Waals surface area contributed by atoms with Gasteiger partial charge in [-0.25, -0.2) is 4.79 Å². The Labute approximate surface area is 98.3 Å². The molecule has 1 fully saturated rings. The highest BCUT2D eigenvalue weighted by atomic mass is 16.6. The molecule has 2 unspecified atom stereocenters. The molecule has 1 amide bonds. The number of amides is 1. The van der Waals surface area contributed by atoms with Gasteiger partial charge >= 0.3 is 6.09 Å². The van der Waals surface area contributed by atoms with Crippen molar-refractivity contribution in [2.45, 2.75) is 46.3 Å². The molecule has 1 saturated heterocycles. The van der Waals surface area contributed by atoms with E-state index in [2.05, 4.69) is 19.2 Å². The van der Waals surface area contributed by atoms with Crippen molar-refractivity contribution < 1.29 is 9.53 Å². The first-order valence-electron chi connectivity index (χ1n) is 5.99. The number of hydrogen-bond acceptors (Lipinski definition) is 3. The van der Waals surface area contributed by atoms with E-state index in [0.29, 0.717) is 12.0 Å². The molecule has 16 heavy (non-hydrogen) atoms. The summed E-state index contributed by atoms with van der Waals surface area (Å²) in [6.45, 7) is 12.4. The van der Waals surface area contributed by atoms with Crippen molar-refractivity contribution in [3.63, 3.8) is 0 Å². The van der Waals surface area contributed by atoms with E-state index in [1.807, 2.05) is 20.8 Å². The Bertz CT molecular complexity index is 236. The van der Waals surface area contributed by atoms with Crippen LogP contribution in [0.2, 0.25) is 0 Å². The lowest BCUT2D eigenvalue weighted by molar-refractivity contribution is 0.0233. The third kappa shape index (κ3) is 4.39. The van der Waals surface area contributed by atoms with Crippen molar-refractivity contribution in [3.8, 4) is 0 Å². The van der Waals surface area contributed by atoms with E-state index in [1.165, 1.54) is 0 Å². The minimum Gasteiger partial charge on any atom is -0.444 e. The van der Waals surface area contributed by atoms with Crippen LogP contribution in [0.3, 0.4) is 0 Å². The van der Waals surface area contributed by atoms with Gasteiger partial charge in [0.15, 0.2) is 0 Å². The highest BCUT2D eigenvalue weighted by Gasteiger charge is 2.26. The van der Waals surface area contributed by atoms with Crippen LogP contribution in [0.15, 0.2) is 0 Å². The lowest BCUT2D eigenvalue weighted by Crippen LogP contribution is -2.42. The first kappa shape index (κ1) is 13.3. The number of rotatable bonds is 0. The van der Waals surface area contributed by atoms with Crippen LogP contribution in [-0.2, 0) is 4.74 Å². The number of hydrogen-bond donors (Lipinski definition) is 1. The Hall–Kier alpha value is -0.770.